The summed E-state index contributed by atoms with van der Waals surface area (Å²) in [4.78, 5) is 12.7. The van der Waals surface area contributed by atoms with Crippen LogP contribution in [0.3, 0.4) is 0 Å². The number of nitro groups is 1. The van der Waals surface area contributed by atoms with Crippen LogP contribution in [0.5, 0.6) is 0 Å². The number of anilines is 1. The molecule has 0 heterocycles. The lowest BCUT2D eigenvalue weighted by Gasteiger charge is -2.28. The van der Waals surface area contributed by atoms with Crippen LogP contribution in [-0.4, -0.2) is 27.7 Å². The van der Waals surface area contributed by atoms with Gasteiger partial charge in [0.05, 0.1) is 11.0 Å². The zero-order valence-corrected chi connectivity index (χ0v) is 15.7. The number of halogens is 2. The molecule has 0 aliphatic carbocycles. The Labute approximate surface area is 159 Å². The number of hydrogen-bond donors (Lipinski definition) is 1. The van der Waals surface area contributed by atoms with Crippen molar-refractivity contribution in [3.63, 3.8) is 0 Å². The predicted octanol–water partition coefficient (Wildman–Crippen LogP) is 5.30. The van der Waals surface area contributed by atoms with E-state index in [0.29, 0.717) is 27.5 Å². The molecule has 0 spiro atoms. The van der Waals surface area contributed by atoms with E-state index in [1.165, 1.54) is 12.1 Å². The molecule has 2 aromatic rings. The van der Waals surface area contributed by atoms with Gasteiger partial charge in [-0.2, -0.15) is 8.78 Å². The van der Waals surface area contributed by atoms with Crippen LogP contribution in [0, 0.1) is 10.1 Å². The van der Waals surface area contributed by atoms with Crippen LogP contribution in [0.15, 0.2) is 53.4 Å². The number of nitrogens with one attached hydrogen (secondary N) is 1. The molecule has 26 heavy (non-hydrogen) atoms. The molecular weight excluding hydrogens is 380 g/mol. The normalized spacial score (nSPS) is 11.9. The maximum atomic E-state index is 12.3. The molecule has 0 radical (unpaired) electrons. The summed E-state index contributed by atoms with van der Waals surface area (Å²) in [6, 6.07) is 12.7. The lowest BCUT2D eigenvalue weighted by atomic mass is 10.1. The summed E-state index contributed by atoms with van der Waals surface area (Å²) in [6.45, 7) is 1.88. The van der Waals surface area contributed by atoms with E-state index in [-0.39, 0.29) is 11.7 Å². The largest absolute Gasteiger partial charge is 0.345 e. The molecule has 0 saturated carbocycles. The molecule has 0 aromatic heterocycles. The van der Waals surface area contributed by atoms with E-state index < -0.39 is 10.7 Å². The second kappa shape index (κ2) is 8.91. The van der Waals surface area contributed by atoms with E-state index in [0.717, 1.165) is 5.56 Å². The number of benzene rings is 2. The van der Waals surface area contributed by atoms with Gasteiger partial charge in [0, 0.05) is 29.8 Å². The van der Waals surface area contributed by atoms with Gasteiger partial charge in [0.2, 0.25) is 0 Å². The smallest absolute Gasteiger partial charge is 0.288 e. The minimum atomic E-state index is -2.46. The zero-order valence-electron chi connectivity index (χ0n) is 14.1. The van der Waals surface area contributed by atoms with E-state index in [4.69, 9.17) is 12.2 Å². The maximum Gasteiger partial charge on any atom is 0.288 e. The number of rotatable bonds is 6. The number of thiocarbonyl (C=S) groups is 1. The van der Waals surface area contributed by atoms with Gasteiger partial charge in [0.1, 0.15) is 0 Å². The van der Waals surface area contributed by atoms with E-state index >= 15 is 0 Å². The highest BCUT2D eigenvalue weighted by Crippen LogP contribution is 2.27. The number of hydrogen-bond acceptors (Lipinski definition) is 4. The summed E-state index contributed by atoms with van der Waals surface area (Å²) in [7, 11) is 1.78. The van der Waals surface area contributed by atoms with Crippen molar-refractivity contribution in [3.8, 4) is 0 Å². The highest BCUT2D eigenvalue weighted by molar-refractivity contribution is 7.99. The van der Waals surface area contributed by atoms with Crippen LogP contribution >= 0.6 is 24.0 Å². The number of nitro benzene ring substituents is 1. The van der Waals surface area contributed by atoms with Gasteiger partial charge in [-0.25, -0.2) is 0 Å². The van der Waals surface area contributed by atoms with Crippen molar-refractivity contribution < 1.29 is 13.7 Å². The minimum absolute atomic E-state index is 0.0220. The number of alkyl halides is 2. The van der Waals surface area contributed by atoms with Crippen LogP contribution in [0.4, 0.5) is 20.2 Å². The van der Waals surface area contributed by atoms with Crippen LogP contribution in [0.25, 0.3) is 0 Å². The molecule has 0 amide bonds. The molecule has 9 heteroatoms. The Bertz CT molecular complexity index is 788. The Balaban J connectivity index is 2.04. The fourth-order valence-electron chi connectivity index (χ4n) is 2.23. The molecule has 2 aromatic carbocycles. The first-order valence-electron chi connectivity index (χ1n) is 7.61. The van der Waals surface area contributed by atoms with E-state index in [1.54, 1.807) is 48.3 Å². The molecule has 0 unspecified atom stereocenters. The average Bonchev–Trinajstić information content (AvgIpc) is 2.61. The van der Waals surface area contributed by atoms with Gasteiger partial charge in [-0.3, -0.25) is 10.1 Å². The Kier molecular flexibility index (Phi) is 6.87. The van der Waals surface area contributed by atoms with Gasteiger partial charge in [-0.15, -0.1) is 0 Å². The van der Waals surface area contributed by atoms with E-state index in [2.05, 4.69) is 5.32 Å². The van der Waals surface area contributed by atoms with Crippen molar-refractivity contribution in [2.24, 2.45) is 0 Å². The fourth-order valence-corrected chi connectivity index (χ4v) is 3.00. The Morgan fingerprint density at radius 3 is 2.50 bits per heavy atom. The summed E-state index contributed by atoms with van der Waals surface area (Å²) < 4.78 is 24.7. The average molecular weight is 397 g/mol. The predicted molar refractivity (Wildman–Crippen MR) is 104 cm³/mol. The van der Waals surface area contributed by atoms with Gasteiger partial charge < -0.3 is 10.2 Å². The second-order valence-corrected chi connectivity index (χ2v) is 6.92. The Hall–Kier alpha value is -2.26. The minimum Gasteiger partial charge on any atom is -0.345 e. The lowest BCUT2D eigenvalue weighted by Crippen LogP contribution is -2.33. The van der Waals surface area contributed by atoms with Crippen molar-refractivity contribution in [3.05, 3.63) is 64.2 Å². The van der Waals surface area contributed by atoms with Crippen molar-refractivity contribution in [2.75, 3.05) is 12.4 Å². The fraction of sp³-hybridized carbons (Fsp3) is 0.235. The summed E-state index contributed by atoms with van der Waals surface area (Å²) >= 11 is 5.86. The molecule has 5 nitrogen and oxygen atoms in total. The lowest BCUT2D eigenvalue weighted by molar-refractivity contribution is -0.384. The molecule has 0 fully saturated rings. The number of non-ortho nitro benzene ring substituents is 1. The molecule has 0 bridgehead atoms. The van der Waals surface area contributed by atoms with Crippen molar-refractivity contribution in [1.29, 1.82) is 0 Å². The molecule has 1 atom stereocenters. The Morgan fingerprint density at radius 1 is 1.27 bits per heavy atom. The molecule has 0 saturated heterocycles. The third-order valence-electron chi connectivity index (χ3n) is 3.80. The third kappa shape index (κ3) is 5.37. The maximum absolute atomic E-state index is 12.3. The molecular formula is C17H17F2N3O2S2. The molecule has 138 valence electrons. The number of nitrogens with zero attached hydrogens (tertiary/aromatic N) is 2. The molecule has 0 aliphatic rings. The van der Waals surface area contributed by atoms with Crippen LogP contribution in [0.2, 0.25) is 0 Å². The van der Waals surface area contributed by atoms with Gasteiger partial charge in [0.15, 0.2) is 5.11 Å². The first-order chi connectivity index (χ1) is 12.3. The van der Waals surface area contributed by atoms with E-state index in [9.17, 15) is 18.9 Å². The number of thioether (sulfide) groups is 1. The van der Waals surface area contributed by atoms with Crippen molar-refractivity contribution in [2.45, 2.75) is 23.6 Å². The first-order valence-corrected chi connectivity index (χ1v) is 8.89. The SMILES string of the molecule is C[C@H](c1cccc([N+](=O)[O-])c1)N(C)C(=S)Nc1ccc(SC(F)F)cc1. The second-order valence-electron chi connectivity index (χ2n) is 5.47. The Morgan fingerprint density at radius 2 is 1.92 bits per heavy atom. The highest BCUT2D eigenvalue weighted by atomic mass is 32.2. The molecule has 2 rings (SSSR count). The first kappa shape index (κ1) is 20.1. The summed E-state index contributed by atoms with van der Waals surface area (Å²) in [6.07, 6.45) is 0. The van der Waals surface area contributed by atoms with Crippen molar-refractivity contribution in [1.82, 2.24) is 4.90 Å². The van der Waals surface area contributed by atoms with Crippen LogP contribution in [0.1, 0.15) is 18.5 Å². The molecule has 0 aliphatic heterocycles. The van der Waals surface area contributed by atoms with Crippen LogP contribution in [-0.2, 0) is 0 Å². The summed E-state index contributed by atoms with van der Waals surface area (Å²) in [5.41, 5.74) is 1.45. The van der Waals surface area contributed by atoms with Gasteiger partial charge in [-0.05, 0) is 49.0 Å². The monoisotopic (exact) mass is 397 g/mol. The zero-order chi connectivity index (χ0) is 19.3. The highest BCUT2D eigenvalue weighted by Gasteiger charge is 2.17. The van der Waals surface area contributed by atoms with Gasteiger partial charge >= 0.3 is 0 Å². The van der Waals surface area contributed by atoms with E-state index in [1.807, 2.05) is 6.92 Å². The van der Waals surface area contributed by atoms with Gasteiger partial charge in [0.25, 0.3) is 11.4 Å². The summed E-state index contributed by atoms with van der Waals surface area (Å²) in [5.74, 6) is -2.46. The quantitative estimate of drug-likeness (QED) is 0.309. The topological polar surface area (TPSA) is 58.4 Å². The van der Waals surface area contributed by atoms with Crippen LogP contribution < -0.4 is 5.32 Å². The van der Waals surface area contributed by atoms with Gasteiger partial charge in [-0.1, -0.05) is 23.9 Å². The standard InChI is InChI=1S/C17H17F2N3O2S2/c1-11(12-4-3-5-14(10-12)22(23)24)21(2)17(25)20-13-6-8-15(9-7-13)26-16(18)19/h3-11,16H,1-2H3,(H,20,25)/t11-/m1/s1. The summed E-state index contributed by atoms with van der Waals surface area (Å²) in [5, 5.41) is 14.4. The molecule has 1 N–H and O–H groups in total. The third-order valence-corrected chi connectivity index (χ3v) is 4.91. The van der Waals surface area contributed by atoms with Crippen molar-refractivity contribution >= 4 is 40.5 Å².